The molecule has 1 aromatic heterocycles. The lowest BCUT2D eigenvalue weighted by Gasteiger charge is -2.26. The van der Waals surface area contributed by atoms with E-state index in [1.165, 1.54) is 40.3 Å². The summed E-state index contributed by atoms with van der Waals surface area (Å²) < 4.78 is 43.8. The van der Waals surface area contributed by atoms with Crippen molar-refractivity contribution in [3.8, 4) is 22.8 Å². The maximum absolute atomic E-state index is 12.8. The van der Waals surface area contributed by atoms with Gasteiger partial charge in [0, 0.05) is 29.6 Å². The molecule has 0 radical (unpaired) electrons. The lowest BCUT2D eigenvalue weighted by atomic mass is 10.1. The van der Waals surface area contributed by atoms with Crippen molar-refractivity contribution in [2.75, 3.05) is 17.2 Å². The van der Waals surface area contributed by atoms with Gasteiger partial charge in [-0.2, -0.15) is 4.99 Å². The van der Waals surface area contributed by atoms with Gasteiger partial charge in [-0.3, -0.25) is 0 Å². The van der Waals surface area contributed by atoms with Crippen LogP contribution in [0, 0.1) is 6.92 Å². The number of carbonyl (C=O) groups is 1. The molecule has 3 aromatic carbocycles. The number of carbonyl (C=O) groups excluding carboxylic acids is 1. The standard InChI is InChI=1S/C31H31F3N6O2S/c1-4-23-17-20(2)9-14-25(23)40-21(3)18-43-30(40)37-29(41)35-16-15-22-10-12-24(13-11-22)28-36-19-39(38-28)26-7-5-6-8-27(26)42-31(32,33)34/h5-14,17,19,21H,4,15-16,18H2,1-3H3,(H,35,41). The number of anilines is 1. The maximum atomic E-state index is 12.8. The van der Waals surface area contributed by atoms with Gasteiger partial charge in [0.05, 0.1) is 0 Å². The van der Waals surface area contributed by atoms with Crippen LogP contribution in [0.4, 0.5) is 23.7 Å². The Bertz CT molecular complexity index is 1620. The second-order valence-electron chi connectivity index (χ2n) is 10.1. The smallest absolute Gasteiger partial charge is 0.403 e. The molecule has 43 heavy (non-hydrogen) atoms. The largest absolute Gasteiger partial charge is 0.573 e. The van der Waals surface area contributed by atoms with Gasteiger partial charge in [-0.1, -0.05) is 72.8 Å². The Hall–Kier alpha value is -4.32. The summed E-state index contributed by atoms with van der Waals surface area (Å²) in [6.45, 7) is 6.75. The lowest BCUT2D eigenvalue weighted by Crippen LogP contribution is -2.34. The summed E-state index contributed by atoms with van der Waals surface area (Å²) in [5.74, 6) is 0.838. The molecule has 1 fully saturated rings. The highest BCUT2D eigenvalue weighted by atomic mass is 32.2. The summed E-state index contributed by atoms with van der Waals surface area (Å²) in [6.07, 6.45) is -2.00. The van der Waals surface area contributed by atoms with E-state index in [0.29, 0.717) is 29.5 Å². The van der Waals surface area contributed by atoms with Crippen molar-refractivity contribution in [2.24, 2.45) is 4.99 Å². The zero-order valence-electron chi connectivity index (χ0n) is 23.9. The number of alkyl halides is 3. The monoisotopic (exact) mass is 608 g/mol. The Kier molecular flexibility index (Phi) is 9.05. The van der Waals surface area contributed by atoms with E-state index in [2.05, 4.69) is 69.0 Å². The molecular formula is C31H31F3N6O2S. The van der Waals surface area contributed by atoms with Gasteiger partial charge in [0.25, 0.3) is 0 Å². The van der Waals surface area contributed by atoms with Crippen LogP contribution in [0.1, 0.15) is 30.5 Å². The van der Waals surface area contributed by atoms with Crippen LogP contribution in [-0.4, -0.2) is 50.7 Å². The highest BCUT2D eigenvalue weighted by molar-refractivity contribution is 8.14. The number of hydrogen-bond donors (Lipinski definition) is 1. The van der Waals surface area contributed by atoms with E-state index in [4.69, 9.17) is 0 Å². The average molecular weight is 609 g/mol. The third-order valence-electron chi connectivity index (χ3n) is 6.90. The van der Waals surface area contributed by atoms with Crippen LogP contribution in [0.15, 0.2) is 78.0 Å². The number of nitrogens with zero attached hydrogens (tertiary/aromatic N) is 5. The number of rotatable bonds is 8. The zero-order valence-corrected chi connectivity index (χ0v) is 24.7. The number of halogens is 3. The number of aryl methyl sites for hydroxylation is 2. The first kappa shape index (κ1) is 30.1. The van der Waals surface area contributed by atoms with Crippen molar-refractivity contribution in [3.05, 3.63) is 89.7 Å². The molecule has 5 rings (SSSR count). The number of para-hydroxylation sites is 2. The molecule has 0 saturated carbocycles. The second kappa shape index (κ2) is 12.9. The van der Waals surface area contributed by atoms with Crippen LogP contribution in [0.3, 0.4) is 0 Å². The van der Waals surface area contributed by atoms with E-state index in [-0.39, 0.29) is 23.5 Å². The topological polar surface area (TPSA) is 84.6 Å². The maximum Gasteiger partial charge on any atom is 0.573 e. The number of benzene rings is 3. The molecule has 1 atom stereocenters. The second-order valence-corrected chi connectivity index (χ2v) is 11.1. The molecule has 1 aliphatic rings. The van der Waals surface area contributed by atoms with Crippen molar-refractivity contribution < 1.29 is 22.7 Å². The van der Waals surface area contributed by atoms with Crippen LogP contribution in [0.5, 0.6) is 5.75 Å². The first-order valence-electron chi connectivity index (χ1n) is 13.9. The minimum Gasteiger partial charge on any atom is -0.403 e. The number of amidine groups is 1. The molecular weight excluding hydrogens is 577 g/mol. The Morgan fingerprint density at radius 2 is 1.88 bits per heavy atom. The van der Waals surface area contributed by atoms with Gasteiger partial charge in [-0.15, -0.1) is 18.3 Å². The summed E-state index contributed by atoms with van der Waals surface area (Å²) in [6, 6.07) is 19.4. The SMILES string of the molecule is CCc1cc(C)ccc1N1C(=NC(=O)NCCc2ccc(-c3ncn(-c4ccccc4OC(F)(F)F)n3)cc2)SCC1C. The van der Waals surface area contributed by atoms with Crippen LogP contribution in [-0.2, 0) is 12.8 Å². The van der Waals surface area contributed by atoms with Gasteiger partial charge in [-0.25, -0.2) is 14.5 Å². The molecule has 0 aliphatic carbocycles. The summed E-state index contributed by atoms with van der Waals surface area (Å²) in [5, 5.41) is 7.92. The Labute approximate surface area is 252 Å². The van der Waals surface area contributed by atoms with Crippen molar-refractivity contribution in [3.63, 3.8) is 0 Å². The minimum absolute atomic E-state index is 0.118. The number of hydrogen-bond acceptors (Lipinski definition) is 5. The van der Waals surface area contributed by atoms with Crippen LogP contribution in [0.2, 0.25) is 0 Å². The van der Waals surface area contributed by atoms with Crippen LogP contribution in [0.25, 0.3) is 17.1 Å². The fourth-order valence-corrected chi connectivity index (χ4v) is 5.92. The Balaban J connectivity index is 1.19. The molecule has 1 aliphatic heterocycles. The van der Waals surface area contributed by atoms with Gasteiger partial charge in [0.2, 0.25) is 0 Å². The molecule has 1 saturated heterocycles. The minimum atomic E-state index is -4.82. The number of nitrogens with one attached hydrogen (secondary N) is 1. The highest BCUT2D eigenvalue weighted by Gasteiger charge is 2.32. The van der Waals surface area contributed by atoms with E-state index in [0.717, 1.165) is 23.4 Å². The quantitative estimate of drug-likeness (QED) is 0.233. The predicted molar refractivity (Wildman–Crippen MR) is 163 cm³/mol. The van der Waals surface area contributed by atoms with Crippen molar-refractivity contribution in [1.82, 2.24) is 20.1 Å². The fourth-order valence-electron chi connectivity index (χ4n) is 4.82. The Morgan fingerprint density at radius 3 is 2.63 bits per heavy atom. The van der Waals surface area contributed by atoms with E-state index >= 15 is 0 Å². The number of aromatic nitrogens is 3. The van der Waals surface area contributed by atoms with Gasteiger partial charge in [0.15, 0.2) is 16.7 Å². The number of aliphatic imine (C=N–C) groups is 1. The molecule has 12 heteroatoms. The van der Waals surface area contributed by atoms with E-state index in [1.54, 1.807) is 17.8 Å². The summed E-state index contributed by atoms with van der Waals surface area (Å²) in [7, 11) is 0. The number of urea groups is 1. The van der Waals surface area contributed by atoms with Gasteiger partial charge in [0.1, 0.15) is 12.0 Å². The molecule has 8 nitrogen and oxygen atoms in total. The predicted octanol–water partition coefficient (Wildman–Crippen LogP) is 6.95. The van der Waals surface area contributed by atoms with Crippen molar-refractivity contribution >= 4 is 28.6 Å². The first-order valence-corrected chi connectivity index (χ1v) is 14.8. The van der Waals surface area contributed by atoms with Crippen molar-refractivity contribution in [2.45, 2.75) is 46.0 Å². The molecule has 0 bridgehead atoms. The molecule has 2 amide bonds. The van der Waals surface area contributed by atoms with Gasteiger partial charge < -0.3 is 15.0 Å². The first-order chi connectivity index (χ1) is 20.6. The average Bonchev–Trinajstić information content (AvgIpc) is 3.60. The summed E-state index contributed by atoms with van der Waals surface area (Å²) in [5.41, 5.74) is 5.33. The third kappa shape index (κ3) is 7.37. The molecule has 224 valence electrons. The number of amides is 2. The van der Waals surface area contributed by atoms with E-state index in [1.807, 2.05) is 24.3 Å². The highest BCUT2D eigenvalue weighted by Crippen LogP contribution is 2.33. The lowest BCUT2D eigenvalue weighted by molar-refractivity contribution is -0.274. The number of ether oxygens (including phenoxy) is 1. The van der Waals surface area contributed by atoms with Crippen LogP contribution < -0.4 is 15.0 Å². The molecule has 4 aromatic rings. The molecule has 1 unspecified atom stereocenters. The third-order valence-corrected chi connectivity index (χ3v) is 8.10. The van der Waals surface area contributed by atoms with Crippen LogP contribution >= 0.6 is 11.8 Å². The molecule has 0 spiro atoms. The number of thioether (sulfide) groups is 1. The normalized spacial score (nSPS) is 16.1. The van der Waals surface area contributed by atoms with Gasteiger partial charge in [-0.05, 0) is 56.0 Å². The fraction of sp³-hybridized carbons (Fsp3) is 0.290. The Morgan fingerprint density at radius 1 is 1.12 bits per heavy atom. The van der Waals surface area contributed by atoms with Crippen molar-refractivity contribution in [1.29, 1.82) is 0 Å². The molecule has 2 heterocycles. The summed E-state index contributed by atoms with van der Waals surface area (Å²) in [4.78, 5) is 23.5. The molecule has 1 N–H and O–H groups in total. The van der Waals surface area contributed by atoms with E-state index < -0.39 is 6.36 Å². The zero-order chi connectivity index (χ0) is 30.6. The summed E-state index contributed by atoms with van der Waals surface area (Å²) >= 11 is 1.58. The van der Waals surface area contributed by atoms with Gasteiger partial charge >= 0.3 is 12.4 Å². The van der Waals surface area contributed by atoms with E-state index in [9.17, 15) is 18.0 Å².